The fraction of sp³-hybridized carbons (Fsp3) is 0.526. The predicted octanol–water partition coefficient (Wildman–Crippen LogP) is 3.23. The summed E-state index contributed by atoms with van der Waals surface area (Å²) >= 11 is 0. The summed E-state index contributed by atoms with van der Waals surface area (Å²) in [6.45, 7) is 0. The standard InChI is InChI=1S/C19H22N4O2/c24-18(23-20-11-15-2-1-3-25-15)16-7-17(22-21-16)19-8-12-4-13(9-19)6-14(5-12)10-19/h1-3,7,11-14H,4-6,8-10H2,(H,21,22)(H,23,24)/b20-11-. The third-order valence-electron chi connectivity index (χ3n) is 6.32. The maximum atomic E-state index is 12.3. The molecule has 6 rings (SSSR count). The third kappa shape index (κ3) is 2.60. The number of aromatic amines is 1. The van der Waals surface area contributed by atoms with Crippen LogP contribution in [0.1, 0.15) is 60.5 Å². The van der Waals surface area contributed by atoms with E-state index in [1.807, 2.05) is 6.07 Å². The van der Waals surface area contributed by atoms with Gasteiger partial charge in [0.2, 0.25) is 0 Å². The molecule has 2 aromatic heterocycles. The van der Waals surface area contributed by atoms with Crippen LogP contribution >= 0.6 is 0 Å². The number of furan rings is 1. The summed E-state index contributed by atoms with van der Waals surface area (Å²) in [6.07, 6.45) is 11.0. The zero-order chi connectivity index (χ0) is 16.9. The van der Waals surface area contributed by atoms with Gasteiger partial charge in [0.25, 0.3) is 5.91 Å². The Labute approximate surface area is 146 Å². The Morgan fingerprint density at radius 2 is 2.00 bits per heavy atom. The second-order valence-electron chi connectivity index (χ2n) is 8.08. The second kappa shape index (κ2) is 5.58. The van der Waals surface area contributed by atoms with E-state index in [-0.39, 0.29) is 11.3 Å². The van der Waals surface area contributed by atoms with Gasteiger partial charge in [0, 0.05) is 11.1 Å². The molecule has 1 amide bonds. The molecule has 4 saturated carbocycles. The van der Waals surface area contributed by atoms with Gasteiger partial charge in [0.1, 0.15) is 5.76 Å². The van der Waals surface area contributed by atoms with Crippen molar-refractivity contribution in [2.75, 3.05) is 0 Å². The zero-order valence-corrected chi connectivity index (χ0v) is 14.1. The number of rotatable bonds is 4. The van der Waals surface area contributed by atoms with E-state index in [9.17, 15) is 4.79 Å². The first-order valence-corrected chi connectivity index (χ1v) is 9.13. The molecule has 2 N–H and O–H groups in total. The molecular weight excluding hydrogens is 316 g/mol. The minimum atomic E-state index is -0.296. The maximum absolute atomic E-state index is 12.3. The minimum Gasteiger partial charge on any atom is -0.463 e. The molecule has 0 spiro atoms. The van der Waals surface area contributed by atoms with E-state index in [0.29, 0.717) is 11.5 Å². The van der Waals surface area contributed by atoms with Gasteiger partial charge in [0.05, 0.1) is 12.5 Å². The highest BCUT2D eigenvalue weighted by Crippen LogP contribution is 2.60. The van der Waals surface area contributed by atoms with Gasteiger partial charge in [-0.1, -0.05) is 0 Å². The van der Waals surface area contributed by atoms with Gasteiger partial charge >= 0.3 is 0 Å². The van der Waals surface area contributed by atoms with E-state index in [1.54, 1.807) is 18.4 Å². The molecule has 2 heterocycles. The summed E-state index contributed by atoms with van der Waals surface area (Å²) in [5.41, 5.74) is 4.28. The molecule has 4 aliphatic rings. The molecule has 0 saturated heterocycles. The van der Waals surface area contributed by atoms with Crippen LogP contribution in [0.3, 0.4) is 0 Å². The number of carbonyl (C=O) groups excluding carboxylic acids is 1. The first-order valence-electron chi connectivity index (χ1n) is 9.13. The highest BCUT2D eigenvalue weighted by Gasteiger charge is 2.52. The summed E-state index contributed by atoms with van der Waals surface area (Å²) in [6, 6.07) is 5.48. The highest BCUT2D eigenvalue weighted by molar-refractivity contribution is 5.93. The van der Waals surface area contributed by atoms with Crippen molar-refractivity contribution >= 4 is 12.1 Å². The number of hydrogen-bond acceptors (Lipinski definition) is 4. The normalized spacial score (nSPS) is 33.2. The topological polar surface area (TPSA) is 83.3 Å². The lowest BCUT2D eigenvalue weighted by atomic mass is 9.49. The smallest absolute Gasteiger partial charge is 0.291 e. The second-order valence-corrected chi connectivity index (χ2v) is 8.08. The lowest BCUT2D eigenvalue weighted by molar-refractivity contribution is -0.00721. The number of H-pyrrole nitrogens is 1. The Bertz CT molecular complexity index is 770. The third-order valence-corrected chi connectivity index (χ3v) is 6.32. The van der Waals surface area contributed by atoms with Gasteiger partial charge in [-0.15, -0.1) is 0 Å². The molecule has 0 aliphatic heterocycles. The van der Waals surface area contributed by atoms with Gasteiger partial charge in [0.15, 0.2) is 5.69 Å². The van der Waals surface area contributed by atoms with Crippen LogP contribution in [-0.2, 0) is 5.41 Å². The van der Waals surface area contributed by atoms with Crippen LogP contribution in [-0.4, -0.2) is 22.3 Å². The highest BCUT2D eigenvalue weighted by atomic mass is 16.3. The van der Waals surface area contributed by atoms with E-state index in [4.69, 9.17) is 4.42 Å². The fourth-order valence-corrected chi connectivity index (χ4v) is 5.73. The number of hydrazone groups is 1. The number of hydrogen-bond donors (Lipinski definition) is 2. The molecule has 25 heavy (non-hydrogen) atoms. The average Bonchev–Trinajstić information content (AvgIpc) is 3.26. The van der Waals surface area contributed by atoms with Gasteiger partial charge < -0.3 is 4.42 Å². The van der Waals surface area contributed by atoms with E-state index in [1.165, 1.54) is 44.7 Å². The molecule has 0 radical (unpaired) electrons. The number of carbonyl (C=O) groups is 1. The molecule has 6 nitrogen and oxygen atoms in total. The predicted molar refractivity (Wildman–Crippen MR) is 92.2 cm³/mol. The Morgan fingerprint density at radius 1 is 1.28 bits per heavy atom. The Hall–Kier alpha value is -2.37. The van der Waals surface area contributed by atoms with Crippen molar-refractivity contribution in [2.24, 2.45) is 22.9 Å². The van der Waals surface area contributed by atoms with Gasteiger partial charge in [-0.3, -0.25) is 9.89 Å². The summed E-state index contributed by atoms with van der Waals surface area (Å²) in [4.78, 5) is 12.3. The van der Waals surface area contributed by atoms with Crippen LogP contribution in [0.4, 0.5) is 0 Å². The van der Waals surface area contributed by atoms with Crippen molar-refractivity contribution in [3.8, 4) is 0 Å². The quantitative estimate of drug-likeness (QED) is 0.663. The van der Waals surface area contributed by atoms with Crippen LogP contribution in [0.15, 0.2) is 34.0 Å². The van der Waals surface area contributed by atoms with Crippen molar-refractivity contribution in [1.82, 2.24) is 15.6 Å². The molecule has 6 heteroatoms. The summed E-state index contributed by atoms with van der Waals surface area (Å²) in [5, 5.41) is 11.3. The summed E-state index contributed by atoms with van der Waals surface area (Å²) in [5.74, 6) is 2.89. The van der Waals surface area contributed by atoms with Crippen LogP contribution < -0.4 is 5.43 Å². The van der Waals surface area contributed by atoms with Crippen molar-refractivity contribution < 1.29 is 9.21 Å². The number of aromatic nitrogens is 2. The van der Waals surface area contributed by atoms with Gasteiger partial charge in [-0.25, -0.2) is 5.43 Å². The fourth-order valence-electron chi connectivity index (χ4n) is 5.73. The van der Waals surface area contributed by atoms with Crippen molar-refractivity contribution in [3.63, 3.8) is 0 Å². The molecule has 2 aromatic rings. The molecule has 4 aliphatic carbocycles. The summed E-state index contributed by atoms with van der Waals surface area (Å²) in [7, 11) is 0. The molecule has 0 aromatic carbocycles. The van der Waals surface area contributed by atoms with E-state index in [2.05, 4.69) is 20.7 Å². The zero-order valence-electron chi connectivity index (χ0n) is 14.1. The molecule has 0 atom stereocenters. The Morgan fingerprint density at radius 3 is 2.64 bits per heavy atom. The van der Waals surface area contributed by atoms with Crippen molar-refractivity contribution in [2.45, 2.75) is 43.9 Å². The largest absolute Gasteiger partial charge is 0.463 e. The number of nitrogens with one attached hydrogen (secondary N) is 2. The van der Waals surface area contributed by atoms with Crippen LogP contribution in [0.25, 0.3) is 0 Å². The lowest BCUT2D eigenvalue weighted by Crippen LogP contribution is -2.48. The van der Waals surface area contributed by atoms with E-state index >= 15 is 0 Å². The van der Waals surface area contributed by atoms with Gasteiger partial charge in [-0.05, 0) is 74.5 Å². The minimum absolute atomic E-state index is 0.220. The van der Waals surface area contributed by atoms with Gasteiger partial charge in [-0.2, -0.15) is 10.2 Å². The Kier molecular flexibility index (Phi) is 3.33. The van der Waals surface area contributed by atoms with E-state index in [0.717, 1.165) is 23.4 Å². The lowest BCUT2D eigenvalue weighted by Gasteiger charge is -2.56. The molecule has 4 bridgehead atoms. The monoisotopic (exact) mass is 338 g/mol. The van der Waals surface area contributed by atoms with Crippen molar-refractivity contribution in [1.29, 1.82) is 0 Å². The SMILES string of the molecule is O=C(N/N=C\c1ccco1)c1cc(C23CC4CC(CC(C4)C2)C3)[nH]n1. The number of nitrogens with zero attached hydrogens (tertiary/aromatic N) is 2. The molecular formula is C19H22N4O2. The van der Waals surface area contributed by atoms with E-state index < -0.39 is 0 Å². The molecule has 130 valence electrons. The summed E-state index contributed by atoms with van der Waals surface area (Å²) < 4.78 is 5.14. The van der Waals surface area contributed by atoms with Crippen LogP contribution in [0.2, 0.25) is 0 Å². The Balaban J connectivity index is 1.31. The molecule has 4 fully saturated rings. The number of amides is 1. The van der Waals surface area contributed by atoms with Crippen LogP contribution in [0, 0.1) is 17.8 Å². The first kappa shape index (κ1) is 14.9. The van der Waals surface area contributed by atoms with Crippen molar-refractivity contribution in [3.05, 3.63) is 41.6 Å². The maximum Gasteiger partial charge on any atom is 0.291 e. The van der Waals surface area contributed by atoms with Crippen LogP contribution in [0.5, 0.6) is 0 Å². The molecule has 0 unspecified atom stereocenters. The average molecular weight is 338 g/mol. The first-order chi connectivity index (χ1) is 12.2.